The molecule has 0 saturated heterocycles. The maximum Gasteiger partial charge on any atom is 0.250 e. The van der Waals surface area contributed by atoms with Gasteiger partial charge in [-0.3, -0.25) is 4.79 Å². The highest BCUT2D eigenvalue weighted by atomic mass is 79.9. The first-order valence-electron chi connectivity index (χ1n) is 6.48. The Kier molecular flexibility index (Phi) is 5.36. The normalized spacial score (nSPS) is 23.1. The van der Waals surface area contributed by atoms with Gasteiger partial charge in [0.05, 0.1) is 12.2 Å². The molecule has 4 nitrogen and oxygen atoms in total. The van der Waals surface area contributed by atoms with Crippen LogP contribution in [0.3, 0.4) is 0 Å². The van der Waals surface area contributed by atoms with E-state index >= 15 is 0 Å². The lowest BCUT2D eigenvalue weighted by Gasteiger charge is -2.25. The van der Waals surface area contributed by atoms with Crippen LogP contribution in [-0.2, 0) is 9.53 Å². The molecule has 1 aromatic carbocycles. The van der Waals surface area contributed by atoms with E-state index in [0.717, 1.165) is 35.8 Å². The van der Waals surface area contributed by atoms with E-state index in [9.17, 15) is 9.90 Å². The zero-order chi connectivity index (χ0) is 13.7. The first-order valence-corrected chi connectivity index (χ1v) is 7.28. The van der Waals surface area contributed by atoms with Gasteiger partial charge in [-0.25, -0.2) is 0 Å². The van der Waals surface area contributed by atoms with E-state index in [1.54, 1.807) is 0 Å². The van der Waals surface area contributed by atoms with Gasteiger partial charge < -0.3 is 15.2 Å². The van der Waals surface area contributed by atoms with Crippen molar-refractivity contribution in [3.8, 4) is 0 Å². The van der Waals surface area contributed by atoms with E-state index in [1.165, 1.54) is 0 Å². The second-order valence-electron chi connectivity index (χ2n) is 4.80. The fourth-order valence-corrected chi connectivity index (χ4v) is 2.40. The second kappa shape index (κ2) is 7.03. The van der Waals surface area contributed by atoms with Gasteiger partial charge in [0.25, 0.3) is 0 Å². The Morgan fingerprint density at radius 1 is 1.26 bits per heavy atom. The molecule has 0 spiro atoms. The lowest BCUT2D eigenvalue weighted by Crippen LogP contribution is -2.28. The smallest absolute Gasteiger partial charge is 0.250 e. The van der Waals surface area contributed by atoms with Gasteiger partial charge in [0.15, 0.2) is 0 Å². The predicted molar refractivity (Wildman–Crippen MR) is 77.0 cm³/mol. The third-order valence-electron chi connectivity index (χ3n) is 3.22. The highest BCUT2D eigenvalue weighted by molar-refractivity contribution is 9.10. The summed E-state index contributed by atoms with van der Waals surface area (Å²) in [5.74, 6) is -0.145. The quantitative estimate of drug-likeness (QED) is 0.893. The van der Waals surface area contributed by atoms with Crippen LogP contribution in [0.5, 0.6) is 0 Å². The number of carbonyl (C=O) groups excluding carboxylic acids is 1. The summed E-state index contributed by atoms with van der Waals surface area (Å²) < 4.78 is 6.53. The molecule has 1 aliphatic carbocycles. The van der Waals surface area contributed by atoms with Crippen LogP contribution in [0.15, 0.2) is 28.7 Å². The van der Waals surface area contributed by atoms with Crippen molar-refractivity contribution >= 4 is 27.5 Å². The number of halogens is 1. The molecule has 1 aromatic rings. The van der Waals surface area contributed by atoms with Gasteiger partial charge in [-0.2, -0.15) is 0 Å². The van der Waals surface area contributed by atoms with Crippen molar-refractivity contribution in [3.63, 3.8) is 0 Å². The van der Waals surface area contributed by atoms with E-state index < -0.39 is 0 Å². The summed E-state index contributed by atoms with van der Waals surface area (Å²) in [6.07, 6.45) is 3.08. The SMILES string of the molecule is O=C(COC1CCC(O)CC1)Nc1ccc(Br)cc1. The van der Waals surface area contributed by atoms with Crippen molar-refractivity contribution < 1.29 is 14.6 Å². The van der Waals surface area contributed by atoms with Gasteiger partial charge >= 0.3 is 0 Å². The molecule has 0 aromatic heterocycles. The van der Waals surface area contributed by atoms with Crippen LogP contribution in [-0.4, -0.2) is 29.8 Å². The average Bonchev–Trinajstić information content (AvgIpc) is 2.41. The molecule has 2 rings (SSSR count). The fraction of sp³-hybridized carbons (Fsp3) is 0.500. The summed E-state index contributed by atoms with van der Waals surface area (Å²) >= 11 is 3.34. The highest BCUT2D eigenvalue weighted by Crippen LogP contribution is 2.21. The number of amides is 1. The van der Waals surface area contributed by atoms with E-state index in [4.69, 9.17) is 4.74 Å². The van der Waals surface area contributed by atoms with Gasteiger partial charge in [-0.15, -0.1) is 0 Å². The Hall–Kier alpha value is -0.910. The number of aliphatic hydroxyl groups is 1. The summed E-state index contributed by atoms with van der Waals surface area (Å²) in [6, 6.07) is 7.41. The van der Waals surface area contributed by atoms with Crippen molar-refractivity contribution in [2.75, 3.05) is 11.9 Å². The number of nitrogens with one attached hydrogen (secondary N) is 1. The molecule has 0 heterocycles. The Morgan fingerprint density at radius 3 is 2.53 bits per heavy atom. The number of benzene rings is 1. The maximum absolute atomic E-state index is 11.7. The van der Waals surface area contributed by atoms with Crippen LogP contribution < -0.4 is 5.32 Å². The number of rotatable bonds is 4. The molecular formula is C14H18BrNO3. The Labute approximate surface area is 121 Å². The molecule has 1 amide bonds. The minimum atomic E-state index is -0.198. The fourth-order valence-electron chi connectivity index (χ4n) is 2.14. The van der Waals surface area contributed by atoms with Crippen LogP contribution in [0.25, 0.3) is 0 Å². The topological polar surface area (TPSA) is 58.6 Å². The summed E-state index contributed by atoms with van der Waals surface area (Å²) in [7, 11) is 0. The minimum Gasteiger partial charge on any atom is -0.393 e. The molecule has 2 N–H and O–H groups in total. The first kappa shape index (κ1) is 14.5. The molecule has 19 heavy (non-hydrogen) atoms. The number of carbonyl (C=O) groups is 1. The Bertz CT molecular complexity index is 413. The lowest BCUT2D eigenvalue weighted by atomic mass is 9.95. The summed E-state index contributed by atoms with van der Waals surface area (Å²) in [6.45, 7) is 0.0663. The number of anilines is 1. The molecule has 0 unspecified atom stereocenters. The van der Waals surface area contributed by atoms with Crippen LogP contribution in [0.4, 0.5) is 5.69 Å². The van der Waals surface area contributed by atoms with Crippen LogP contribution in [0, 0.1) is 0 Å². The third kappa shape index (κ3) is 4.93. The number of hydrogen-bond donors (Lipinski definition) is 2. The zero-order valence-corrected chi connectivity index (χ0v) is 12.2. The van der Waals surface area contributed by atoms with Gasteiger partial charge in [0.1, 0.15) is 6.61 Å². The van der Waals surface area contributed by atoms with E-state index in [2.05, 4.69) is 21.2 Å². The van der Waals surface area contributed by atoms with E-state index in [0.29, 0.717) is 0 Å². The standard InChI is InChI=1S/C14H18BrNO3/c15-10-1-3-11(4-2-10)16-14(18)9-19-13-7-5-12(17)6-8-13/h1-4,12-13,17H,5-9H2,(H,16,18). The monoisotopic (exact) mass is 327 g/mol. The highest BCUT2D eigenvalue weighted by Gasteiger charge is 2.20. The molecule has 0 bridgehead atoms. The number of aliphatic hydroxyl groups excluding tert-OH is 1. The van der Waals surface area contributed by atoms with E-state index in [1.807, 2.05) is 24.3 Å². The second-order valence-corrected chi connectivity index (χ2v) is 5.71. The van der Waals surface area contributed by atoms with Crippen molar-refractivity contribution in [3.05, 3.63) is 28.7 Å². The van der Waals surface area contributed by atoms with E-state index in [-0.39, 0.29) is 24.7 Å². The van der Waals surface area contributed by atoms with Crippen molar-refractivity contribution in [2.45, 2.75) is 37.9 Å². The van der Waals surface area contributed by atoms with Gasteiger partial charge in [0, 0.05) is 10.2 Å². The summed E-state index contributed by atoms with van der Waals surface area (Å²) in [5.41, 5.74) is 0.760. The van der Waals surface area contributed by atoms with Gasteiger partial charge in [-0.1, -0.05) is 15.9 Å². The molecule has 1 aliphatic rings. The zero-order valence-electron chi connectivity index (χ0n) is 10.6. The number of hydrogen-bond acceptors (Lipinski definition) is 3. The first-order chi connectivity index (χ1) is 9.13. The summed E-state index contributed by atoms with van der Waals surface area (Å²) in [5, 5.41) is 12.2. The van der Waals surface area contributed by atoms with Crippen LogP contribution >= 0.6 is 15.9 Å². The average molecular weight is 328 g/mol. The van der Waals surface area contributed by atoms with Crippen LogP contribution in [0.2, 0.25) is 0 Å². The third-order valence-corrected chi connectivity index (χ3v) is 3.75. The van der Waals surface area contributed by atoms with Crippen molar-refractivity contribution in [1.29, 1.82) is 0 Å². The molecule has 5 heteroatoms. The molecular weight excluding hydrogens is 310 g/mol. The maximum atomic E-state index is 11.7. The minimum absolute atomic E-state index is 0.0663. The molecule has 0 radical (unpaired) electrons. The Morgan fingerprint density at radius 2 is 1.89 bits per heavy atom. The Balaban J connectivity index is 1.71. The number of ether oxygens (including phenoxy) is 1. The molecule has 0 atom stereocenters. The molecule has 1 saturated carbocycles. The van der Waals surface area contributed by atoms with Gasteiger partial charge in [0.2, 0.25) is 5.91 Å². The summed E-state index contributed by atoms with van der Waals surface area (Å²) in [4.78, 5) is 11.7. The largest absolute Gasteiger partial charge is 0.393 e. The van der Waals surface area contributed by atoms with Crippen LogP contribution in [0.1, 0.15) is 25.7 Å². The molecule has 0 aliphatic heterocycles. The van der Waals surface area contributed by atoms with Crippen molar-refractivity contribution in [2.24, 2.45) is 0 Å². The predicted octanol–water partition coefficient (Wildman–Crippen LogP) is 2.71. The molecule has 1 fully saturated rings. The van der Waals surface area contributed by atoms with Gasteiger partial charge in [-0.05, 0) is 49.9 Å². The molecule has 104 valence electrons. The van der Waals surface area contributed by atoms with Crippen molar-refractivity contribution in [1.82, 2.24) is 0 Å². The lowest BCUT2D eigenvalue weighted by molar-refractivity contribution is -0.123.